The van der Waals surface area contributed by atoms with Crippen LogP contribution in [0.25, 0.3) is 0 Å². The minimum atomic E-state index is 0.284. The van der Waals surface area contributed by atoms with Gasteiger partial charge in [-0.05, 0) is 72.5 Å². The lowest BCUT2D eigenvalue weighted by Crippen LogP contribution is -2.19. The van der Waals surface area contributed by atoms with Crippen LogP contribution < -0.4 is 0 Å². The van der Waals surface area contributed by atoms with E-state index in [1.54, 1.807) is 0 Å². The molecule has 0 N–H and O–H groups in total. The summed E-state index contributed by atoms with van der Waals surface area (Å²) in [4.78, 5) is 0. The van der Waals surface area contributed by atoms with E-state index in [2.05, 4.69) is 67.9 Å². The first-order valence-electron chi connectivity index (χ1n) is 7.77. The zero-order chi connectivity index (χ0) is 16.8. The largest absolute Gasteiger partial charge is 0.192 e. The average Bonchev–Trinajstić information content (AvgIpc) is 2.45. The van der Waals surface area contributed by atoms with E-state index in [1.165, 1.54) is 36.0 Å². The highest BCUT2D eigenvalue weighted by atomic mass is 79.9. The SMILES string of the molecule is CC1=C(/C=C/C(C)=C/C=C/C(C)=C(\Br)C#N)C(C)(C)CCC1. The third kappa shape index (κ3) is 5.46. The molecule has 0 aromatic carbocycles. The van der Waals surface area contributed by atoms with E-state index in [0.717, 1.165) is 5.57 Å². The monoisotopic (exact) mass is 359 g/mol. The lowest BCUT2D eigenvalue weighted by atomic mass is 9.72. The van der Waals surface area contributed by atoms with E-state index in [-0.39, 0.29) is 5.41 Å². The van der Waals surface area contributed by atoms with Crippen LogP contribution in [0, 0.1) is 16.7 Å². The smallest absolute Gasteiger partial charge is 0.107 e. The van der Waals surface area contributed by atoms with Crippen LogP contribution in [-0.2, 0) is 0 Å². The van der Waals surface area contributed by atoms with Crippen molar-refractivity contribution in [1.82, 2.24) is 0 Å². The van der Waals surface area contributed by atoms with Crippen molar-refractivity contribution in [3.05, 3.63) is 57.2 Å². The number of hydrogen-bond donors (Lipinski definition) is 0. The van der Waals surface area contributed by atoms with Crippen LogP contribution in [0.2, 0.25) is 0 Å². The summed E-state index contributed by atoms with van der Waals surface area (Å²) in [6, 6.07) is 2.09. The van der Waals surface area contributed by atoms with Crippen molar-refractivity contribution in [2.24, 2.45) is 5.41 Å². The Kier molecular flexibility index (Phi) is 7.10. The molecule has 0 amide bonds. The Morgan fingerprint density at radius 2 is 1.95 bits per heavy atom. The molecule has 0 aromatic rings. The Morgan fingerprint density at radius 3 is 2.55 bits per heavy atom. The van der Waals surface area contributed by atoms with Gasteiger partial charge in [0.15, 0.2) is 0 Å². The van der Waals surface area contributed by atoms with Crippen LogP contribution in [0.5, 0.6) is 0 Å². The molecule has 118 valence electrons. The van der Waals surface area contributed by atoms with Gasteiger partial charge in [-0.15, -0.1) is 0 Å². The predicted octanol–water partition coefficient (Wildman–Crippen LogP) is 6.76. The van der Waals surface area contributed by atoms with Gasteiger partial charge in [-0.1, -0.05) is 55.4 Å². The molecule has 0 atom stereocenters. The first-order valence-corrected chi connectivity index (χ1v) is 8.57. The second-order valence-electron chi connectivity index (χ2n) is 6.64. The van der Waals surface area contributed by atoms with E-state index in [4.69, 9.17) is 5.26 Å². The topological polar surface area (TPSA) is 23.8 Å². The number of nitriles is 1. The molecule has 0 unspecified atom stereocenters. The minimum absolute atomic E-state index is 0.284. The predicted molar refractivity (Wildman–Crippen MR) is 99.6 cm³/mol. The van der Waals surface area contributed by atoms with Crippen LogP contribution in [0.1, 0.15) is 53.9 Å². The maximum Gasteiger partial charge on any atom is 0.107 e. The van der Waals surface area contributed by atoms with E-state index < -0.39 is 0 Å². The quantitative estimate of drug-likeness (QED) is 0.401. The van der Waals surface area contributed by atoms with Crippen LogP contribution in [-0.4, -0.2) is 0 Å². The molecule has 0 heterocycles. The van der Waals surface area contributed by atoms with E-state index in [0.29, 0.717) is 4.48 Å². The molecule has 0 aliphatic heterocycles. The first kappa shape index (κ1) is 18.7. The molecule has 1 rings (SSSR count). The van der Waals surface area contributed by atoms with Crippen LogP contribution >= 0.6 is 15.9 Å². The molecular weight excluding hydrogens is 334 g/mol. The standard InChI is InChI=1S/C20H26BrN/c1-15(8-6-9-17(3)19(21)14-22)11-12-18-16(2)10-7-13-20(18,4)5/h6,8-9,11-12H,7,10,13H2,1-5H3/b9-6+,12-11+,15-8+,19-17-. The Bertz CT molecular complexity index is 604. The molecule has 0 bridgehead atoms. The van der Waals surface area contributed by atoms with Crippen molar-refractivity contribution in [2.45, 2.75) is 53.9 Å². The van der Waals surface area contributed by atoms with Gasteiger partial charge in [0.2, 0.25) is 0 Å². The molecule has 0 fully saturated rings. The molecule has 0 radical (unpaired) electrons. The summed E-state index contributed by atoms with van der Waals surface area (Å²) in [6.45, 7) is 10.9. The van der Waals surface area contributed by atoms with Crippen LogP contribution in [0.4, 0.5) is 0 Å². The van der Waals surface area contributed by atoms with Gasteiger partial charge in [0, 0.05) is 0 Å². The summed E-state index contributed by atoms with van der Waals surface area (Å²) < 4.78 is 0.579. The van der Waals surface area contributed by atoms with E-state index in [9.17, 15) is 0 Å². The van der Waals surface area contributed by atoms with Crippen molar-refractivity contribution in [1.29, 1.82) is 5.26 Å². The van der Waals surface area contributed by atoms with Crippen molar-refractivity contribution in [3.63, 3.8) is 0 Å². The van der Waals surface area contributed by atoms with Crippen molar-refractivity contribution in [2.75, 3.05) is 0 Å². The van der Waals surface area contributed by atoms with Gasteiger partial charge in [-0.25, -0.2) is 0 Å². The Balaban J connectivity index is 2.84. The van der Waals surface area contributed by atoms with Crippen LogP contribution in [0.15, 0.2) is 57.2 Å². The molecule has 0 saturated carbocycles. The first-order chi connectivity index (χ1) is 10.3. The summed E-state index contributed by atoms with van der Waals surface area (Å²) in [5.74, 6) is 0. The van der Waals surface area contributed by atoms with Gasteiger partial charge in [0.25, 0.3) is 0 Å². The Labute approximate surface area is 143 Å². The minimum Gasteiger partial charge on any atom is -0.192 e. The molecular formula is C20H26BrN. The molecule has 1 aliphatic carbocycles. The van der Waals surface area contributed by atoms with Gasteiger partial charge in [0.1, 0.15) is 6.07 Å². The molecule has 1 nitrogen and oxygen atoms in total. The van der Waals surface area contributed by atoms with E-state index in [1.807, 2.05) is 19.1 Å². The van der Waals surface area contributed by atoms with Gasteiger partial charge >= 0.3 is 0 Å². The maximum atomic E-state index is 8.80. The number of rotatable bonds is 4. The van der Waals surface area contributed by atoms with Gasteiger partial charge in [-0.2, -0.15) is 5.26 Å². The summed E-state index contributed by atoms with van der Waals surface area (Å²) >= 11 is 3.24. The number of nitrogens with zero attached hydrogens (tertiary/aromatic N) is 1. The summed E-state index contributed by atoms with van der Waals surface area (Å²) in [5.41, 5.74) is 5.43. The fraction of sp³-hybridized carbons (Fsp3) is 0.450. The van der Waals surface area contributed by atoms with Gasteiger partial charge < -0.3 is 0 Å². The van der Waals surface area contributed by atoms with Gasteiger partial charge in [0.05, 0.1) is 4.48 Å². The molecule has 0 spiro atoms. The van der Waals surface area contributed by atoms with Gasteiger partial charge in [-0.3, -0.25) is 0 Å². The van der Waals surface area contributed by atoms with Crippen molar-refractivity contribution < 1.29 is 0 Å². The third-order valence-corrected chi connectivity index (χ3v) is 5.01. The summed E-state index contributed by atoms with van der Waals surface area (Å²) in [7, 11) is 0. The molecule has 22 heavy (non-hydrogen) atoms. The van der Waals surface area contributed by atoms with Crippen LogP contribution in [0.3, 0.4) is 0 Å². The zero-order valence-corrected chi connectivity index (χ0v) is 15.9. The highest BCUT2D eigenvalue weighted by Crippen LogP contribution is 2.40. The fourth-order valence-electron chi connectivity index (χ4n) is 2.79. The maximum absolute atomic E-state index is 8.80. The Hall–Kier alpha value is -1.33. The molecule has 2 heteroatoms. The summed E-state index contributed by atoms with van der Waals surface area (Å²) in [5, 5.41) is 8.80. The van der Waals surface area contributed by atoms with Crippen molar-refractivity contribution in [3.8, 4) is 6.07 Å². The highest BCUT2D eigenvalue weighted by molar-refractivity contribution is 9.12. The molecule has 0 aromatic heterocycles. The average molecular weight is 360 g/mol. The Morgan fingerprint density at radius 1 is 1.27 bits per heavy atom. The molecule has 0 saturated heterocycles. The second kappa shape index (κ2) is 8.34. The number of allylic oxidation sites excluding steroid dienone is 10. The highest BCUT2D eigenvalue weighted by Gasteiger charge is 2.26. The fourth-order valence-corrected chi connectivity index (χ4v) is 2.92. The number of hydrogen-bond acceptors (Lipinski definition) is 1. The lowest BCUT2D eigenvalue weighted by Gasteiger charge is -2.32. The molecule has 1 aliphatic rings. The summed E-state index contributed by atoms with van der Waals surface area (Å²) in [6.07, 6.45) is 14.3. The van der Waals surface area contributed by atoms with E-state index >= 15 is 0 Å². The third-order valence-electron chi connectivity index (χ3n) is 4.21. The number of halogens is 1. The normalized spacial score (nSPS) is 20.5. The second-order valence-corrected chi connectivity index (χ2v) is 7.44. The lowest BCUT2D eigenvalue weighted by molar-refractivity contribution is 0.377. The van der Waals surface area contributed by atoms with Crippen molar-refractivity contribution >= 4 is 15.9 Å². The zero-order valence-electron chi connectivity index (χ0n) is 14.3.